The Balaban J connectivity index is 2.08. The summed E-state index contributed by atoms with van der Waals surface area (Å²) in [5.41, 5.74) is 0.581. The number of piperidine rings is 1. The van der Waals surface area contributed by atoms with Gasteiger partial charge in [0.2, 0.25) is 0 Å². The highest BCUT2D eigenvalue weighted by Crippen LogP contribution is 2.18. The van der Waals surface area contributed by atoms with E-state index in [9.17, 15) is 14.7 Å². The van der Waals surface area contributed by atoms with Crippen LogP contribution in [0.1, 0.15) is 37.8 Å². The highest BCUT2D eigenvalue weighted by Gasteiger charge is 2.28. The number of amides is 2. The van der Waals surface area contributed by atoms with Crippen LogP contribution in [0.4, 0.5) is 4.79 Å². The fourth-order valence-corrected chi connectivity index (χ4v) is 2.54. The number of carbonyl (C=O) groups excluding carboxylic acids is 1. The first-order chi connectivity index (χ1) is 9.59. The molecule has 2 amide bonds. The minimum Gasteiger partial charge on any atom is -0.479 e. The van der Waals surface area contributed by atoms with Crippen LogP contribution < -0.4 is 5.32 Å². The third-order valence-electron chi connectivity index (χ3n) is 3.71. The molecule has 1 aromatic rings. The average molecular weight is 276 g/mol. The average Bonchev–Trinajstić information content (AvgIpc) is 2.45. The number of likely N-dealkylation sites (tertiary alicyclic amines) is 1. The maximum absolute atomic E-state index is 12.2. The molecule has 1 saturated heterocycles. The van der Waals surface area contributed by atoms with Gasteiger partial charge in [0.05, 0.1) is 0 Å². The number of benzene rings is 1. The predicted molar refractivity (Wildman–Crippen MR) is 75.4 cm³/mol. The van der Waals surface area contributed by atoms with E-state index in [1.54, 1.807) is 29.2 Å². The smallest absolute Gasteiger partial charge is 0.330 e. The van der Waals surface area contributed by atoms with Gasteiger partial charge in [0.1, 0.15) is 0 Å². The lowest BCUT2D eigenvalue weighted by Crippen LogP contribution is -2.49. The lowest BCUT2D eigenvalue weighted by molar-refractivity contribution is -0.139. The van der Waals surface area contributed by atoms with E-state index >= 15 is 0 Å². The Labute approximate surface area is 118 Å². The first-order valence-electron chi connectivity index (χ1n) is 6.94. The van der Waals surface area contributed by atoms with Crippen molar-refractivity contribution in [3.63, 3.8) is 0 Å². The van der Waals surface area contributed by atoms with Gasteiger partial charge >= 0.3 is 12.0 Å². The molecule has 1 aliphatic heterocycles. The second-order valence-electron chi connectivity index (χ2n) is 5.17. The molecule has 5 nitrogen and oxygen atoms in total. The van der Waals surface area contributed by atoms with E-state index in [0.29, 0.717) is 12.1 Å². The molecule has 0 radical (unpaired) electrons. The standard InChI is InChI=1S/C15H20N2O3/c1-11-7-5-6-10-17(11)15(20)16-13(14(18)19)12-8-3-2-4-9-12/h2-4,8-9,11,13H,5-7,10H2,1H3,(H,16,20)(H,18,19)/t11?,13-/m0/s1. The number of hydrogen-bond acceptors (Lipinski definition) is 2. The van der Waals surface area contributed by atoms with Crippen LogP contribution in [-0.4, -0.2) is 34.6 Å². The number of carbonyl (C=O) groups is 2. The molecular weight excluding hydrogens is 256 g/mol. The van der Waals surface area contributed by atoms with Crippen LogP contribution >= 0.6 is 0 Å². The Morgan fingerprint density at radius 2 is 2.00 bits per heavy atom. The zero-order chi connectivity index (χ0) is 14.5. The molecule has 1 unspecified atom stereocenters. The number of urea groups is 1. The highest BCUT2D eigenvalue weighted by atomic mass is 16.4. The molecule has 1 aromatic carbocycles. The first-order valence-corrected chi connectivity index (χ1v) is 6.94. The third-order valence-corrected chi connectivity index (χ3v) is 3.71. The van der Waals surface area contributed by atoms with Crippen molar-refractivity contribution >= 4 is 12.0 Å². The SMILES string of the molecule is CC1CCCCN1C(=O)N[C@H](C(=O)O)c1ccccc1. The lowest BCUT2D eigenvalue weighted by Gasteiger charge is -2.34. The molecule has 0 aliphatic carbocycles. The van der Waals surface area contributed by atoms with Crippen LogP contribution in [-0.2, 0) is 4.79 Å². The van der Waals surface area contributed by atoms with Crippen molar-refractivity contribution in [2.45, 2.75) is 38.3 Å². The summed E-state index contributed by atoms with van der Waals surface area (Å²) in [6.45, 7) is 2.69. The van der Waals surface area contributed by atoms with Gasteiger partial charge in [0.25, 0.3) is 0 Å². The number of carboxylic acids is 1. The van der Waals surface area contributed by atoms with Crippen LogP contribution in [0.3, 0.4) is 0 Å². The fraction of sp³-hybridized carbons (Fsp3) is 0.467. The maximum Gasteiger partial charge on any atom is 0.330 e. The van der Waals surface area contributed by atoms with Crippen molar-refractivity contribution in [1.82, 2.24) is 10.2 Å². The fourth-order valence-electron chi connectivity index (χ4n) is 2.54. The molecule has 20 heavy (non-hydrogen) atoms. The Bertz CT molecular complexity index is 475. The van der Waals surface area contributed by atoms with Gasteiger partial charge in [0.15, 0.2) is 6.04 Å². The summed E-state index contributed by atoms with van der Waals surface area (Å²) >= 11 is 0. The van der Waals surface area contributed by atoms with Gasteiger partial charge in [-0.2, -0.15) is 0 Å². The second-order valence-corrected chi connectivity index (χ2v) is 5.17. The first kappa shape index (κ1) is 14.4. The highest BCUT2D eigenvalue weighted by molar-refractivity contribution is 5.83. The number of carboxylic acid groups (broad SMARTS) is 1. The summed E-state index contributed by atoms with van der Waals surface area (Å²) in [6.07, 6.45) is 3.06. The van der Waals surface area contributed by atoms with Crippen LogP contribution in [0, 0.1) is 0 Å². The van der Waals surface area contributed by atoms with E-state index in [-0.39, 0.29) is 12.1 Å². The van der Waals surface area contributed by atoms with E-state index in [1.807, 2.05) is 13.0 Å². The van der Waals surface area contributed by atoms with E-state index < -0.39 is 12.0 Å². The molecule has 108 valence electrons. The van der Waals surface area contributed by atoms with Gasteiger partial charge < -0.3 is 15.3 Å². The molecule has 2 N–H and O–H groups in total. The van der Waals surface area contributed by atoms with Crippen molar-refractivity contribution in [3.8, 4) is 0 Å². The monoisotopic (exact) mass is 276 g/mol. The minimum atomic E-state index is -1.05. The summed E-state index contributed by atoms with van der Waals surface area (Å²) in [6, 6.07) is 7.62. The molecule has 2 atom stereocenters. The van der Waals surface area contributed by atoms with Crippen molar-refractivity contribution in [2.24, 2.45) is 0 Å². The van der Waals surface area contributed by atoms with Gasteiger partial charge in [-0.1, -0.05) is 30.3 Å². The number of aliphatic carboxylic acids is 1. The summed E-state index contributed by atoms with van der Waals surface area (Å²) in [4.78, 5) is 25.3. The second kappa shape index (κ2) is 6.41. The molecule has 5 heteroatoms. The molecule has 0 bridgehead atoms. The van der Waals surface area contributed by atoms with Crippen molar-refractivity contribution < 1.29 is 14.7 Å². The Hall–Kier alpha value is -2.04. The topological polar surface area (TPSA) is 69.6 Å². The molecule has 0 spiro atoms. The van der Waals surface area contributed by atoms with Gasteiger partial charge in [-0.25, -0.2) is 9.59 Å². The number of hydrogen-bond donors (Lipinski definition) is 2. The molecule has 1 aliphatic rings. The van der Waals surface area contributed by atoms with Crippen LogP contribution in [0.15, 0.2) is 30.3 Å². The van der Waals surface area contributed by atoms with Crippen LogP contribution in [0.25, 0.3) is 0 Å². The zero-order valence-electron chi connectivity index (χ0n) is 11.6. The molecule has 2 rings (SSSR count). The molecule has 0 aromatic heterocycles. The van der Waals surface area contributed by atoms with Crippen LogP contribution in [0.2, 0.25) is 0 Å². The number of nitrogens with zero attached hydrogens (tertiary/aromatic N) is 1. The van der Waals surface area contributed by atoms with E-state index in [0.717, 1.165) is 19.3 Å². The van der Waals surface area contributed by atoms with E-state index in [4.69, 9.17) is 0 Å². The lowest BCUT2D eigenvalue weighted by atomic mass is 10.0. The molecule has 0 saturated carbocycles. The van der Waals surface area contributed by atoms with Crippen molar-refractivity contribution in [2.75, 3.05) is 6.54 Å². The van der Waals surface area contributed by atoms with Gasteiger partial charge in [-0.05, 0) is 31.7 Å². The third kappa shape index (κ3) is 3.29. The summed E-state index contributed by atoms with van der Waals surface area (Å²) < 4.78 is 0. The summed E-state index contributed by atoms with van der Waals surface area (Å²) in [7, 11) is 0. The van der Waals surface area contributed by atoms with Crippen LogP contribution in [0.5, 0.6) is 0 Å². The number of nitrogens with one attached hydrogen (secondary N) is 1. The molecule has 1 fully saturated rings. The largest absolute Gasteiger partial charge is 0.479 e. The summed E-state index contributed by atoms with van der Waals surface area (Å²) in [5, 5.41) is 11.9. The van der Waals surface area contributed by atoms with Gasteiger partial charge in [-0.3, -0.25) is 0 Å². The minimum absolute atomic E-state index is 0.161. The molecular formula is C15H20N2O3. The van der Waals surface area contributed by atoms with Gasteiger partial charge in [0, 0.05) is 12.6 Å². The van der Waals surface area contributed by atoms with E-state index in [1.165, 1.54) is 0 Å². The maximum atomic E-state index is 12.2. The Kier molecular flexibility index (Phi) is 4.61. The quantitative estimate of drug-likeness (QED) is 0.890. The molecule has 1 heterocycles. The predicted octanol–water partition coefficient (Wildman–Crippen LogP) is 2.40. The zero-order valence-corrected chi connectivity index (χ0v) is 11.6. The van der Waals surface area contributed by atoms with Crippen molar-refractivity contribution in [1.29, 1.82) is 0 Å². The summed E-state index contributed by atoms with van der Waals surface area (Å²) in [5.74, 6) is -1.05. The Morgan fingerprint density at radius 1 is 1.30 bits per heavy atom. The van der Waals surface area contributed by atoms with Crippen molar-refractivity contribution in [3.05, 3.63) is 35.9 Å². The normalized spacial score (nSPS) is 20.2. The Morgan fingerprint density at radius 3 is 2.60 bits per heavy atom. The van der Waals surface area contributed by atoms with E-state index in [2.05, 4.69) is 5.32 Å². The number of rotatable bonds is 3. The van der Waals surface area contributed by atoms with Gasteiger partial charge in [-0.15, -0.1) is 0 Å².